The molecule has 17 heavy (non-hydrogen) atoms. The van der Waals surface area contributed by atoms with Crippen molar-refractivity contribution in [3.63, 3.8) is 0 Å². The fraction of sp³-hybridized carbons (Fsp3) is 0.0909. The Kier molecular flexibility index (Phi) is 2.22. The number of hydrogen-bond acceptors (Lipinski definition) is 5. The van der Waals surface area contributed by atoms with Crippen LogP contribution in [0.25, 0.3) is 22.0 Å². The van der Waals surface area contributed by atoms with Crippen LogP contribution in [0.15, 0.2) is 35.1 Å². The summed E-state index contributed by atoms with van der Waals surface area (Å²) in [6.45, 7) is 0. The molecule has 0 aliphatic carbocycles. The summed E-state index contributed by atoms with van der Waals surface area (Å²) < 4.78 is 7.11. The van der Waals surface area contributed by atoms with E-state index >= 15 is 0 Å². The van der Waals surface area contributed by atoms with E-state index in [0.717, 1.165) is 22.0 Å². The first kappa shape index (κ1) is 10.1. The molecule has 0 spiro atoms. The smallest absolute Gasteiger partial charge is 0.180 e. The summed E-state index contributed by atoms with van der Waals surface area (Å²) in [5, 5.41) is 4.96. The van der Waals surface area contributed by atoms with Gasteiger partial charge in [0.2, 0.25) is 0 Å². The van der Waals surface area contributed by atoms with Crippen molar-refractivity contribution in [1.82, 2.24) is 14.8 Å². The maximum Gasteiger partial charge on any atom is 0.180 e. The topological polar surface area (TPSA) is 69.9 Å². The van der Waals surface area contributed by atoms with Crippen LogP contribution in [0.5, 0.6) is 0 Å². The van der Waals surface area contributed by atoms with Gasteiger partial charge in [0.1, 0.15) is 5.69 Å². The number of rotatable bonds is 2. The molecule has 5 nitrogen and oxygen atoms in total. The van der Waals surface area contributed by atoms with Gasteiger partial charge in [0.15, 0.2) is 10.9 Å². The van der Waals surface area contributed by atoms with E-state index in [2.05, 4.69) is 10.1 Å². The monoisotopic (exact) mass is 246 g/mol. The van der Waals surface area contributed by atoms with Gasteiger partial charge in [-0.05, 0) is 18.2 Å². The molecule has 3 aromatic heterocycles. The van der Waals surface area contributed by atoms with Crippen LogP contribution in [0.2, 0.25) is 0 Å². The van der Waals surface area contributed by atoms with Crippen LogP contribution in [0.3, 0.4) is 0 Å². The van der Waals surface area contributed by atoms with Gasteiger partial charge in [0.25, 0.3) is 0 Å². The van der Waals surface area contributed by atoms with Gasteiger partial charge < -0.3 is 10.2 Å². The Morgan fingerprint density at radius 1 is 1.47 bits per heavy atom. The molecule has 0 atom stereocenters. The van der Waals surface area contributed by atoms with Gasteiger partial charge in [-0.1, -0.05) is 11.3 Å². The van der Waals surface area contributed by atoms with Crippen molar-refractivity contribution in [3.8, 4) is 22.0 Å². The highest BCUT2D eigenvalue weighted by molar-refractivity contribution is 7.18. The molecule has 0 radical (unpaired) electrons. The number of thiazole rings is 1. The van der Waals surface area contributed by atoms with Crippen molar-refractivity contribution < 1.29 is 4.42 Å². The molecule has 0 unspecified atom stereocenters. The van der Waals surface area contributed by atoms with E-state index in [4.69, 9.17) is 10.2 Å². The van der Waals surface area contributed by atoms with Crippen LogP contribution >= 0.6 is 11.3 Å². The third-order valence-electron chi connectivity index (χ3n) is 2.43. The lowest BCUT2D eigenvalue weighted by Gasteiger charge is -1.94. The van der Waals surface area contributed by atoms with Crippen LogP contribution in [0.4, 0.5) is 5.13 Å². The SMILES string of the molecule is Cn1nc(-c2ccco2)cc1-c1cnc(N)s1. The Morgan fingerprint density at radius 2 is 2.35 bits per heavy atom. The van der Waals surface area contributed by atoms with Crippen LogP contribution in [0.1, 0.15) is 0 Å². The summed E-state index contributed by atoms with van der Waals surface area (Å²) in [5.41, 5.74) is 7.41. The molecule has 0 amide bonds. The third-order valence-corrected chi connectivity index (χ3v) is 3.28. The molecule has 86 valence electrons. The zero-order chi connectivity index (χ0) is 11.8. The van der Waals surface area contributed by atoms with Crippen molar-refractivity contribution in [2.75, 3.05) is 5.73 Å². The lowest BCUT2D eigenvalue weighted by Crippen LogP contribution is -1.92. The van der Waals surface area contributed by atoms with E-state index < -0.39 is 0 Å². The molecule has 0 saturated carbocycles. The summed E-state index contributed by atoms with van der Waals surface area (Å²) in [7, 11) is 1.89. The lowest BCUT2D eigenvalue weighted by molar-refractivity contribution is 0.578. The van der Waals surface area contributed by atoms with Crippen molar-refractivity contribution in [3.05, 3.63) is 30.7 Å². The Hall–Kier alpha value is -2.08. The Labute approximate surface area is 102 Å². The van der Waals surface area contributed by atoms with Crippen LogP contribution < -0.4 is 5.73 Å². The number of hydrogen-bond donors (Lipinski definition) is 1. The highest BCUT2D eigenvalue weighted by atomic mass is 32.1. The van der Waals surface area contributed by atoms with E-state index in [9.17, 15) is 0 Å². The summed E-state index contributed by atoms with van der Waals surface area (Å²) in [4.78, 5) is 5.03. The van der Waals surface area contributed by atoms with Crippen molar-refractivity contribution in [2.45, 2.75) is 0 Å². The van der Waals surface area contributed by atoms with Crippen molar-refractivity contribution >= 4 is 16.5 Å². The zero-order valence-corrected chi connectivity index (χ0v) is 9.94. The third kappa shape index (κ3) is 1.72. The number of aryl methyl sites for hydroxylation is 1. The predicted molar refractivity (Wildman–Crippen MR) is 66.4 cm³/mol. The highest BCUT2D eigenvalue weighted by Gasteiger charge is 2.12. The molecule has 0 bridgehead atoms. The van der Waals surface area contributed by atoms with Gasteiger partial charge in [-0.25, -0.2) is 4.98 Å². The normalized spacial score (nSPS) is 10.9. The summed E-state index contributed by atoms with van der Waals surface area (Å²) >= 11 is 1.44. The maximum atomic E-state index is 5.63. The Balaban J connectivity index is 2.07. The zero-order valence-electron chi connectivity index (χ0n) is 9.12. The standard InChI is InChI=1S/C11H10N4OS/c1-15-8(10-6-13-11(12)17-10)5-7(14-15)9-3-2-4-16-9/h2-6H,1H3,(H2,12,13). The highest BCUT2D eigenvalue weighted by Crippen LogP contribution is 2.30. The fourth-order valence-corrected chi connectivity index (χ4v) is 2.38. The predicted octanol–water partition coefficient (Wildman–Crippen LogP) is 2.39. The fourth-order valence-electron chi connectivity index (χ4n) is 1.65. The number of nitrogens with zero attached hydrogens (tertiary/aromatic N) is 3. The Morgan fingerprint density at radius 3 is 3.00 bits per heavy atom. The molecule has 0 saturated heterocycles. The number of furan rings is 1. The molecule has 3 heterocycles. The van der Waals surface area contributed by atoms with Gasteiger partial charge in [-0.2, -0.15) is 5.10 Å². The minimum absolute atomic E-state index is 0.556. The molecule has 0 aromatic carbocycles. The Bertz CT molecular complexity index is 638. The molecule has 0 fully saturated rings. The quantitative estimate of drug-likeness (QED) is 0.753. The van der Waals surface area contributed by atoms with Gasteiger partial charge in [-0.3, -0.25) is 4.68 Å². The molecule has 3 rings (SSSR count). The molecule has 0 aliphatic rings. The summed E-state index contributed by atoms with van der Waals surface area (Å²) in [5.74, 6) is 0.754. The first-order chi connectivity index (χ1) is 8.24. The first-order valence-electron chi connectivity index (χ1n) is 5.03. The molecular weight excluding hydrogens is 236 g/mol. The minimum atomic E-state index is 0.556. The van der Waals surface area contributed by atoms with Gasteiger partial charge in [-0.15, -0.1) is 0 Å². The second-order valence-corrected chi connectivity index (χ2v) is 4.64. The average Bonchev–Trinajstić information content (AvgIpc) is 2.97. The largest absolute Gasteiger partial charge is 0.463 e. The van der Waals surface area contributed by atoms with E-state index in [1.807, 2.05) is 25.2 Å². The second kappa shape index (κ2) is 3.74. The number of nitrogens with two attached hydrogens (primary N) is 1. The van der Waals surface area contributed by atoms with E-state index in [0.29, 0.717) is 5.13 Å². The van der Waals surface area contributed by atoms with Crippen molar-refractivity contribution in [1.29, 1.82) is 0 Å². The van der Waals surface area contributed by atoms with Gasteiger partial charge in [0, 0.05) is 13.2 Å². The van der Waals surface area contributed by atoms with Crippen LogP contribution in [0, 0.1) is 0 Å². The number of nitrogen functional groups attached to an aromatic ring is 1. The van der Waals surface area contributed by atoms with E-state index in [1.54, 1.807) is 17.1 Å². The summed E-state index contributed by atoms with van der Waals surface area (Å²) in [6.07, 6.45) is 3.39. The molecule has 2 N–H and O–H groups in total. The first-order valence-corrected chi connectivity index (χ1v) is 5.85. The van der Waals surface area contributed by atoms with Crippen LogP contribution in [-0.4, -0.2) is 14.8 Å². The van der Waals surface area contributed by atoms with E-state index in [-0.39, 0.29) is 0 Å². The lowest BCUT2D eigenvalue weighted by atomic mass is 10.3. The van der Waals surface area contributed by atoms with Gasteiger partial charge >= 0.3 is 0 Å². The van der Waals surface area contributed by atoms with E-state index in [1.165, 1.54) is 11.3 Å². The summed E-state index contributed by atoms with van der Waals surface area (Å²) in [6, 6.07) is 5.69. The van der Waals surface area contributed by atoms with Gasteiger partial charge in [0.05, 0.1) is 16.8 Å². The average molecular weight is 246 g/mol. The van der Waals surface area contributed by atoms with Crippen molar-refractivity contribution in [2.24, 2.45) is 7.05 Å². The molecule has 0 aliphatic heterocycles. The molecule has 6 heteroatoms. The number of anilines is 1. The van der Waals surface area contributed by atoms with Crippen LogP contribution in [-0.2, 0) is 7.05 Å². The second-order valence-electron chi connectivity index (χ2n) is 3.58. The molecular formula is C11H10N4OS. The minimum Gasteiger partial charge on any atom is -0.463 e. The number of aromatic nitrogens is 3. The maximum absolute atomic E-state index is 5.63. The molecule has 3 aromatic rings.